The highest BCUT2D eigenvalue weighted by Gasteiger charge is 2.11. The van der Waals surface area contributed by atoms with Crippen molar-refractivity contribution in [3.05, 3.63) is 78.4 Å². The van der Waals surface area contributed by atoms with Crippen LogP contribution in [-0.2, 0) is 6.54 Å². The molecule has 0 saturated heterocycles. The number of benzene rings is 2. The lowest BCUT2D eigenvalue weighted by Gasteiger charge is -2.15. The fourth-order valence-corrected chi connectivity index (χ4v) is 2.33. The molecule has 4 heteroatoms. The first kappa shape index (κ1) is 13.5. The second-order valence-electron chi connectivity index (χ2n) is 4.93. The summed E-state index contributed by atoms with van der Waals surface area (Å²) in [6, 6.07) is 16.1. The van der Waals surface area contributed by atoms with Gasteiger partial charge in [0.2, 0.25) is 0 Å². The largest absolute Gasteiger partial charge is 0.329 e. The lowest BCUT2D eigenvalue weighted by atomic mass is 10.1. The molecule has 0 bridgehead atoms. The number of aromatic nitrogens is 2. The summed E-state index contributed by atoms with van der Waals surface area (Å²) in [5.74, 6) is 0.631. The molecule has 0 radical (unpaired) electrons. The van der Waals surface area contributed by atoms with Gasteiger partial charge in [0.1, 0.15) is 11.6 Å². The van der Waals surface area contributed by atoms with Crippen LogP contribution in [0.3, 0.4) is 0 Å². The van der Waals surface area contributed by atoms with Crippen molar-refractivity contribution in [2.45, 2.75) is 12.6 Å². The predicted octanol–water partition coefficient (Wildman–Crippen LogP) is 3.39. The van der Waals surface area contributed by atoms with Crippen molar-refractivity contribution in [2.24, 2.45) is 5.73 Å². The summed E-state index contributed by atoms with van der Waals surface area (Å²) < 4.78 is 15.0. The van der Waals surface area contributed by atoms with Crippen LogP contribution in [0.15, 0.2) is 67.0 Å². The molecule has 1 atom stereocenters. The number of hydrogen-bond donors (Lipinski definition) is 1. The molecule has 1 heterocycles. The van der Waals surface area contributed by atoms with Crippen LogP contribution in [0.5, 0.6) is 0 Å². The second kappa shape index (κ2) is 5.89. The van der Waals surface area contributed by atoms with Gasteiger partial charge in [-0.15, -0.1) is 0 Å². The van der Waals surface area contributed by atoms with Gasteiger partial charge in [-0.05, 0) is 17.7 Å². The van der Waals surface area contributed by atoms with Crippen LogP contribution in [0, 0.1) is 5.82 Å². The third-order valence-corrected chi connectivity index (χ3v) is 3.44. The highest BCUT2D eigenvalue weighted by atomic mass is 19.1. The van der Waals surface area contributed by atoms with Crippen LogP contribution in [-0.4, -0.2) is 9.55 Å². The highest BCUT2D eigenvalue weighted by molar-refractivity contribution is 5.55. The van der Waals surface area contributed by atoms with Gasteiger partial charge in [0, 0.05) is 30.5 Å². The molecule has 0 aliphatic heterocycles. The van der Waals surface area contributed by atoms with E-state index in [0.29, 0.717) is 6.54 Å². The van der Waals surface area contributed by atoms with E-state index in [1.807, 2.05) is 41.1 Å². The van der Waals surface area contributed by atoms with E-state index < -0.39 is 0 Å². The molecule has 2 N–H and O–H groups in total. The number of rotatable bonds is 4. The maximum absolute atomic E-state index is 13.0. The standard InChI is InChI=1S/C17H16FN3/c18-15-8-6-13(7-9-15)16(19)12-21-11-10-20-17(21)14-4-2-1-3-5-14/h1-11,16H,12,19H2. The van der Waals surface area contributed by atoms with Crippen molar-refractivity contribution in [3.63, 3.8) is 0 Å². The third kappa shape index (κ3) is 3.01. The van der Waals surface area contributed by atoms with Gasteiger partial charge in [-0.2, -0.15) is 0 Å². The molecule has 0 amide bonds. The Kier molecular flexibility index (Phi) is 3.79. The number of nitrogens with zero attached hydrogens (tertiary/aromatic N) is 2. The van der Waals surface area contributed by atoms with E-state index in [2.05, 4.69) is 4.98 Å². The van der Waals surface area contributed by atoms with Gasteiger partial charge in [-0.3, -0.25) is 0 Å². The van der Waals surface area contributed by atoms with Crippen LogP contribution < -0.4 is 5.73 Å². The Morgan fingerprint density at radius 2 is 1.76 bits per heavy atom. The van der Waals surface area contributed by atoms with Crippen LogP contribution in [0.2, 0.25) is 0 Å². The van der Waals surface area contributed by atoms with Gasteiger partial charge in [-0.1, -0.05) is 42.5 Å². The van der Waals surface area contributed by atoms with Crippen molar-refractivity contribution in [1.29, 1.82) is 0 Å². The Hall–Kier alpha value is -2.46. The van der Waals surface area contributed by atoms with Crippen LogP contribution >= 0.6 is 0 Å². The highest BCUT2D eigenvalue weighted by Crippen LogP contribution is 2.20. The number of imidazole rings is 1. The molecule has 3 nitrogen and oxygen atoms in total. The number of hydrogen-bond acceptors (Lipinski definition) is 2. The van der Waals surface area contributed by atoms with E-state index in [1.165, 1.54) is 12.1 Å². The van der Waals surface area contributed by atoms with Crippen LogP contribution in [0.4, 0.5) is 4.39 Å². The van der Waals surface area contributed by atoms with Gasteiger partial charge in [0.15, 0.2) is 0 Å². The Bertz CT molecular complexity index is 704. The first-order chi connectivity index (χ1) is 10.2. The first-order valence-corrected chi connectivity index (χ1v) is 6.81. The molecule has 1 unspecified atom stereocenters. The van der Waals surface area contributed by atoms with E-state index in [-0.39, 0.29) is 11.9 Å². The Morgan fingerprint density at radius 1 is 1.05 bits per heavy atom. The second-order valence-corrected chi connectivity index (χ2v) is 4.93. The van der Waals surface area contributed by atoms with Gasteiger partial charge in [0.05, 0.1) is 0 Å². The summed E-state index contributed by atoms with van der Waals surface area (Å²) in [6.07, 6.45) is 3.67. The van der Waals surface area contributed by atoms with E-state index in [1.54, 1.807) is 18.3 Å². The normalized spacial score (nSPS) is 12.3. The monoisotopic (exact) mass is 281 g/mol. The minimum atomic E-state index is -0.251. The Labute approximate surface area is 122 Å². The maximum atomic E-state index is 13.0. The minimum Gasteiger partial charge on any atom is -0.329 e. The van der Waals surface area contributed by atoms with Gasteiger partial charge < -0.3 is 10.3 Å². The molecule has 2 aromatic carbocycles. The summed E-state index contributed by atoms with van der Waals surface area (Å²) in [5.41, 5.74) is 8.17. The molecule has 3 rings (SSSR count). The summed E-state index contributed by atoms with van der Waals surface area (Å²) in [5, 5.41) is 0. The van der Waals surface area contributed by atoms with Gasteiger partial charge >= 0.3 is 0 Å². The number of halogens is 1. The van der Waals surface area contributed by atoms with Gasteiger partial charge in [0.25, 0.3) is 0 Å². The van der Waals surface area contributed by atoms with E-state index in [9.17, 15) is 4.39 Å². The molecule has 3 aromatic rings. The molecular formula is C17H16FN3. The third-order valence-electron chi connectivity index (χ3n) is 3.44. The smallest absolute Gasteiger partial charge is 0.139 e. The van der Waals surface area contributed by atoms with Crippen molar-refractivity contribution in [3.8, 4) is 11.4 Å². The van der Waals surface area contributed by atoms with E-state index in [0.717, 1.165) is 17.0 Å². The van der Waals surface area contributed by atoms with Crippen molar-refractivity contribution < 1.29 is 4.39 Å². The van der Waals surface area contributed by atoms with E-state index >= 15 is 0 Å². The molecule has 0 spiro atoms. The zero-order chi connectivity index (χ0) is 14.7. The molecule has 0 fully saturated rings. The summed E-state index contributed by atoms with van der Waals surface area (Å²) in [4.78, 5) is 4.39. The van der Waals surface area contributed by atoms with E-state index in [4.69, 9.17) is 5.73 Å². The van der Waals surface area contributed by atoms with Crippen LogP contribution in [0.25, 0.3) is 11.4 Å². The average Bonchev–Trinajstić information content (AvgIpc) is 2.97. The van der Waals surface area contributed by atoms with Crippen LogP contribution in [0.1, 0.15) is 11.6 Å². The average molecular weight is 281 g/mol. The summed E-state index contributed by atoms with van der Waals surface area (Å²) in [6.45, 7) is 0.593. The quantitative estimate of drug-likeness (QED) is 0.796. The zero-order valence-electron chi connectivity index (χ0n) is 11.5. The molecular weight excluding hydrogens is 265 g/mol. The van der Waals surface area contributed by atoms with Gasteiger partial charge in [-0.25, -0.2) is 9.37 Å². The lowest BCUT2D eigenvalue weighted by molar-refractivity contribution is 0.577. The molecule has 106 valence electrons. The van der Waals surface area contributed by atoms with Crippen molar-refractivity contribution >= 4 is 0 Å². The fourth-order valence-electron chi connectivity index (χ4n) is 2.33. The maximum Gasteiger partial charge on any atom is 0.139 e. The fraction of sp³-hybridized carbons (Fsp3) is 0.118. The topological polar surface area (TPSA) is 43.8 Å². The molecule has 0 saturated carbocycles. The Morgan fingerprint density at radius 3 is 2.48 bits per heavy atom. The molecule has 0 aliphatic rings. The summed E-state index contributed by atoms with van der Waals surface area (Å²) >= 11 is 0. The lowest BCUT2D eigenvalue weighted by Crippen LogP contribution is -2.17. The van der Waals surface area contributed by atoms with Crippen molar-refractivity contribution in [1.82, 2.24) is 9.55 Å². The molecule has 1 aromatic heterocycles. The minimum absolute atomic E-state index is 0.206. The zero-order valence-corrected chi connectivity index (χ0v) is 11.5. The predicted molar refractivity (Wildman–Crippen MR) is 81.0 cm³/mol. The first-order valence-electron chi connectivity index (χ1n) is 6.81. The SMILES string of the molecule is NC(Cn1ccnc1-c1ccccc1)c1ccc(F)cc1. The number of nitrogens with two attached hydrogens (primary N) is 1. The molecule has 21 heavy (non-hydrogen) atoms. The summed E-state index contributed by atoms with van der Waals surface area (Å²) in [7, 11) is 0. The Balaban J connectivity index is 1.83. The van der Waals surface area contributed by atoms with Crippen molar-refractivity contribution in [2.75, 3.05) is 0 Å². The molecule has 0 aliphatic carbocycles.